The van der Waals surface area contributed by atoms with Gasteiger partial charge in [-0.25, -0.2) is 4.79 Å². The fourth-order valence-electron chi connectivity index (χ4n) is 3.16. The molecule has 3 aromatic rings. The number of carbonyl (C=O) groups is 4. The highest BCUT2D eigenvalue weighted by Crippen LogP contribution is 2.27. The van der Waals surface area contributed by atoms with E-state index in [-0.39, 0.29) is 17.4 Å². The van der Waals surface area contributed by atoms with Gasteiger partial charge in [0, 0.05) is 36.5 Å². The van der Waals surface area contributed by atoms with Crippen LogP contribution in [0.2, 0.25) is 0 Å². The van der Waals surface area contributed by atoms with E-state index in [2.05, 4.69) is 16.0 Å². The van der Waals surface area contributed by atoms with Crippen LogP contribution in [0.1, 0.15) is 24.2 Å². The second-order valence-corrected chi connectivity index (χ2v) is 7.20. The molecule has 168 valence electrons. The molecule has 0 aliphatic heterocycles. The highest BCUT2D eigenvalue weighted by molar-refractivity contribution is 6.00. The molecule has 0 saturated carbocycles. The highest BCUT2D eigenvalue weighted by atomic mass is 16.5. The van der Waals surface area contributed by atoms with Crippen molar-refractivity contribution in [3.05, 3.63) is 78.4 Å². The molecule has 0 aliphatic rings. The fraction of sp³-hybridized carbons (Fsp3) is 0.120. The van der Waals surface area contributed by atoms with E-state index < -0.39 is 18.5 Å². The number of amides is 3. The molecule has 3 aromatic carbocycles. The van der Waals surface area contributed by atoms with Crippen molar-refractivity contribution < 1.29 is 23.9 Å². The second-order valence-electron chi connectivity index (χ2n) is 7.20. The Balaban J connectivity index is 1.69. The van der Waals surface area contributed by atoms with Crippen LogP contribution in [0.15, 0.2) is 72.8 Å². The Morgan fingerprint density at radius 1 is 0.727 bits per heavy atom. The number of hydrogen-bond acceptors (Lipinski definition) is 5. The smallest absolute Gasteiger partial charge is 0.338 e. The van der Waals surface area contributed by atoms with Gasteiger partial charge in [-0.15, -0.1) is 0 Å². The number of benzene rings is 3. The molecule has 3 N–H and O–H groups in total. The van der Waals surface area contributed by atoms with Crippen molar-refractivity contribution in [2.75, 3.05) is 22.6 Å². The average molecular weight is 445 g/mol. The first-order valence-corrected chi connectivity index (χ1v) is 10.1. The average Bonchev–Trinajstić information content (AvgIpc) is 2.77. The molecule has 3 amide bonds. The van der Waals surface area contributed by atoms with E-state index in [0.29, 0.717) is 17.1 Å². The summed E-state index contributed by atoms with van der Waals surface area (Å²) in [5, 5.41) is 7.87. The van der Waals surface area contributed by atoms with Crippen LogP contribution in [0.4, 0.5) is 17.1 Å². The van der Waals surface area contributed by atoms with Crippen LogP contribution in [-0.4, -0.2) is 30.3 Å². The van der Waals surface area contributed by atoms with Gasteiger partial charge in [-0.3, -0.25) is 14.4 Å². The third-order valence-electron chi connectivity index (χ3n) is 4.43. The van der Waals surface area contributed by atoms with E-state index in [9.17, 15) is 19.2 Å². The number of nitrogens with one attached hydrogen (secondary N) is 3. The molecule has 0 radical (unpaired) electrons. The SMILES string of the molecule is CC(=O)Nc1cc(NC(C)=O)cc(C(=O)OCC(=O)Nc2ccccc2-c2ccccc2)c1. The minimum atomic E-state index is -0.778. The lowest BCUT2D eigenvalue weighted by Gasteiger charge is -2.12. The largest absolute Gasteiger partial charge is 0.452 e. The van der Waals surface area contributed by atoms with E-state index in [1.807, 2.05) is 42.5 Å². The van der Waals surface area contributed by atoms with Crippen LogP contribution < -0.4 is 16.0 Å². The molecule has 0 heterocycles. The highest BCUT2D eigenvalue weighted by Gasteiger charge is 2.15. The second kappa shape index (κ2) is 10.7. The van der Waals surface area contributed by atoms with Gasteiger partial charge in [-0.1, -0.05) is 48.5 Å². The predicted molar refractivity (Wildman–Crippen MR) is 126 cm³/mol. The van der Waals surface area contributed by atoms with Crippen molar-refractivity contribution in [1.82, 2.24) is 0 Å². The molecule has 33 heavy (non-hydrogen) atoms. The maximum atomic E-state index is 12.5. The summed E-state index contributed by atoms with van der Waals surface area (Å²) in [6.45, 7) is 2.13. The Kier molecular flexibility index (Phi) is 7.54. The lowest BCUT2D eigenvalue weighted by Crippen LogP contribution is -2.21. The molecular weight excluding hydrogens is 422 g/mol. The maximum absolute atomic E-state index is 12.5. The molecule has 0 spiro atoms. The van der Waals surface area contributed by atoms with Gasteiger partial charge in [0.25, 0.3) is 5.91 Å². The van der Waals surface area contributed by atoms with Gasteiger partial charge < -0.3 is 20.7 Å². The Labute approximate surface area is 191 Å². The molecule has 0 bridgehead atoms. The summed E-state index contributed by atoms with van der Waals surface area (Å²) in [5.74, 6) is -1.97. The van der Waals surface area contributed by atoms with Crippen molar-refractivity contribution in [3.63, 3.8) is 0 Å². The van der Waals surface area contributed by atoms with Crippen molar-refractivity contribution in [3.8, 4) is 11.1 Å². The van der Waals surface area contributed by atoms with Crippen molar-refractivity contribution in [1.29, 1.82) is 0 Å². The Bertz CT molecular complexity index is 1160. The van der Waals surface area contributed by atoms with Gasteiger partial charge in [-0.05, 0) is 29.8 Å². The van der Waals surface area contributed by atoms with E-state index in [1.54, 1.807) is 12.1 Å². The number of para-hydroxylation sites is 1. The van der Waals surface area contributed by atoms with Gasteiger partial charge in [0.05, 0.1) is 5.56 Å². The number of rotatable bonds is 7. The first-order chi connectivity index (χ1) is 15.8. The topological polar surface area (TPSA) is 114 Å². The Hall–Kier alpha value is -4.46. The molecule has 8 nitrogen and oxygen atoms in total. The lowest BCUT2D eigenvalue weighted by atomic mass is 10.0. The zero-order valence-electron chi connectivity index (χ0n) is 18.2. The zero-order valence-corrected chi connectivity index (χ0v) is 18.2. The van der Waals surface area contributed by atoms with Crippen LogP contribution in [0.5, 0.6) is 0 Å². The third-order valence-corrected chi connectivity index (χ3v) is 4.43. The number of esters is 1. The lowest BCUT2D eigenvalue weighted by molar-refractivity contribution is -0.119. The Morgan fingerprint density at radius 2 is 1.30 bits per heavy atom. The van der Waals surface area contributed by atoms with Crippen LogP contribution in [0.3, 0.4) is 0 Å². The van der Waals surface area contributed by atoms with Crippen LogP contribution in [0.25, 0.3) is 11.1 Å². The predicted octanol–water partition coefficient (Wildman–Crippen LogP) is 4.07. The summed E-state index contributed by atoms with van der Waals surface area (Å²) in [7, 11) is 0. The summed E-state index contributed by atoms with van der Waals surface area (Å²) in [5.41, 5.74) is 3.04. The minimum absolute atomic E-state index is 0.0717. The number of carbonyl (C=O) groups excluding carboxylic acids is 4. The fourth-order valence-corrected chi connectivity index (χ4v) is 3.16. The number of anilines is 3. The molecule has 0 fully saturated rings. The van der Waals surface area contributed by atoms with E-state index in [1.165, 1.54) is 32.0 Å². The Morgan fingerprint density at radius 3 is 1.91 bits per heavy atom. The van der Waals surface area contributed by atoms with Crippen molar-refractivity contribution in [2.45, 2.75) is 13.8 Å². The van der Waals surface area contributed by atoms with Crippen molar-refractivity contribution in [2.24, 2.45) is 0 Å². The summed E-state index contributed by atoms with van der Waals surface area (Å²) in [6, 6.07) is 21.2. The van der Waals surface area contributed by atoms with Crippen LogP contribution in [-0.2, 0) is 19.1 Å². The molecule has 0 atom stereocenters. The molecule has 8 heteroatoms. The van der Waals surface area contributed by atoms with Gasteiger partial charge >= 0.3 is 5.97 Å². The summed E-state index contributed by atoms with van der Waals surface area (Å²) < 4.78 is 5.15. The normalized spacial score (nSPS) is 10.1. The molecular formula is C25H23N3O5. The number of ether oxygens (including phenoxy) is 1. The van der Waals surface area contributed by atoms with Gasteiger partial charge in [-0.2, -0.15) is 0 Å². The quantitative estimate of drug-likeness (QED) is 0.475. The van der Waals surface area contributed by atoms with E-state index in [4.69, 9.17) is 4.74 Å². The molecule has 0 aromatic heterocycles. The maximum Gasteiger partial charge on any atom is 0.338 e. The van der Waals surface area contributed by atoms with E-state index in [0.717, 1.165) is 11.1 Å². The zero-order chi connectivity index (χ0) is 23.8. The minimum Gasteiger partial charge on any atom is -0.452 e. The summed E-state index contributed by atoms with van der Waals surface area (Å²) in [4.78, 5) is 47.8. The van der Waals surface area contributed by atoms with Crippen LogP contribution in [0, 0.1) is 0 Å². The van der Waals surface area contributed by atoms with Gasteiger partial charge in [0.15, 0.2) is 6.61 Å². The first kappa shape index (κ1) is 23.2. The molecule has 0 unspecified atom stereocenters. The summed E-state index contributed by atoms with van der Waals surface area (Å²) in [6.07, 6.45) is 0. The third kappa shape index (κ3) is 6.76. The molecule has 0 saturated heterocycles. The summed E-state index contributed by atoms with van der Waals surface area (Å²) >= 11 is 0. The number of hydrogen-bond donors (Lipinski definition) is 3. The van der Waals surface area contributed by atoms with Crippen LogP contribution >= 0.6 is 0 Å². The monoisotopic (exact) mass is 445 g/mol. The van der Waals surface area contributed by atoms with Gasteiger partial charge in [0.1, 0.15) is 0 Å². The standard InChI is InChI=1S/C25H23N3O5/c1-16(29)26-20-12-19(13-21(14-20)27-17(2)30)25(32)33-15-24(31)28-23-11-7-6-10-22(23)18-8-4-3-5-9-18/h3-14H,15H2,1-2H3,(H,26,29)(H,27,30)(H,28,31). The van der Waals surface area contributed by atoms with Crippen molar-refractivity contribution >= 4 is 40.8 Å². The van der Waals surface area contributed by atoms with E-state index >= 15 is 0 Å². The first-order valence-electron chi connectivity index (χ1n) is 10.1. The van der Waals surface area contributed by atoms with Gasteiger partial charge in [0.2, 0.25) is 11.8 Å². The molecule has 3 rings (SSSR count). The molecule has 0 aliphatic carbocycles.